The van der Waals surface area contributed by atoms with E-state index in [1.54, 1.807) is 28.9 Å². The molecule has 2 aromatic heterocycles. The lowest BCUT2D eigenvalue weighted by molar-refractivity contribution is 0.123. The molecule has 0 saturated carbocycles. The SMILES string of the molecule is C[C@H](O)CN1CCN(c2ccc(Nc3ncc4ccc(-c5cccc(S(=O)(=O)NC(C)(C)C)c5)n4n3)cc2)CC1. The number of β-amino-alcohol motifs (C(OH)–C–C–N with tert-alkyl or cyclic N) is 1. The molecule has 0 radical (unpaired) electrons. The number of rotatable bonds is 8. The summed E-state index contributed by atoms with van der Waals surface area (Å²) in [5.74, 6) is 0.433. The standard InChI is InChI=1S/C29H37N7O3S/c1-21(37)20-34-14-16-35(17-15-34)24-10-8-23(9-11-24)31-28-30-19-25-12-13-27(36(25)32-28)22-6-5-7-26(18-22)40(38,39)33-29(2,3)4/h5-13,18-19,21,33,37H,14-17,20H2,1-4H3,(H,31,32)/t21-/m0/s1. The molecule has 40 heavy (non-hydrogen) atoms. The van der Waals surface area contributed by atoms with Crippen LogP contribution in [0.1, 0.15) is 27.7 Å². The maximum absolute atomic E-state index is 12.9. The Morgan fingerprint density at radius 3 is 2.40 bits per heavy atom. The molecule has 0 spiro atoms. The van der Waals surface area contributed by atoms with Gasteiger partial charge < -0.3 is 15.3 Å². The van der Waals surface area contributed by atoms with Crippen molar-refractivity contribution in [2.45, 2.75) is 44.2 Å². The van der Waals surface area contributed by atoms with E-state index in [0.29, 0.717) is 12.5 Å². The molecule has 0 bridgehead atoms. The maximum atomic E-state index is 12.9. The Morgan fingerprint density at radius 1 is 1.00 bits per heavy atom. The summed E-state index contributed by atoms with van der Waals surface area (Å²) in [6.45, 7) is 11.7. The van der Waals surface area contributed by atoms with Gasteiger partial charge in [0.2, 0.25) is 16.0 Å². The average molecular weight is 564 g/mol. The molecule has 4 aromatic rings. The molecule has 1 fully saturated rings. The van der Waals surface area contributed by atoms with E-state index >= 15 is 0 Å². The van der Waals surface area contributed by atoms with E-state index in [-0.39, 0.29) is 11.0 Å². The van der Waals surface area contributed by atoms with Crippen molar-refractivity contribution in [1.82, 2.24) is 24.2 Å². The van der Waals surface area contributed by atoms with Gasteiger partial charge in [-0.3, -0.25) is 4.90 Å². The third kappa shape index (κ3) is 6.61. The molecule has 3 heterocycles. The van der Waals surface area contributed by atoms with Gasteiger partial charge in [-0.05, 0) is 76.2 Å². The predicted molar refractivity (Wildman–Crippen MR) is 159 cm³/mol. The number of nitrogens with zero attached hydrogens (tertiary/aromatic N) is 5. The molecule has 1 saturated heterocycles. The van der Waals surface area contributed by atoms with E-state index < -0.39 is 15.6 Å². The summed E-state index contributed by atoms with van der Waals surface area (Å²) in [5.41, 5.74) is 3.73. The van der Waals surface area contributed by atoms with Gasteiger partial charge in [0, 0.05) is 55.2 Å². The number of aliphatic hydroxyl groups excluding tert-OH is 1. The van der Waals surface area contributed by atoms with Crippen LogP contribution >= 0.6 is 0 Å². The van der Waals surface area contributed by atoms with Crippen LogP contribution in [0.15, 0.2) is 71.8 Å². The molecule has 3 N–H and O–H groups in total. The van der Waals surface area contributed by atoms with E-state index in [1.165, 1.54) is 0 Å². The lowest BCUT2D eigenvalue weighted by atomic mass is 10.1. The topological polar surface area (TPSA) is 115 Å². The quantitative estimate of drug-likeness (QED) is 0.297. The summed E-state index contributed by atoms with van der Waals surface area (Å²) in [6, 6.07) is 18.9. The molecular formula is C29H37N7O3S. The zero-order chi connectivity index (χ0) is 28.5. The van der Waals surface area contributed by atoms with Crippen molar-refractivity contribution in [1.29, 1.82) is 0 Å². The first kappa shape index (κ1) is 28.0. The number of aromatic nitrogens is 3. The highest BCUT2D eigenvalue weighted by Crippen LogP contribution is 2.26. The highest BCUT2D eigenvalue weighted by Gasteiger charge is 2.23. The Labute approximate surface area is 235 Å². The largest absolute Gasteiger partial charge is 0.392 e. The summed E-state index contributed by atoms with van der Waals surface area (Å²) < 4.78 is 30.3. The first-order valence-electron chi connectivity index (χ1n) is 13.5. The normalized spacial score (nSPS) is 15.9. The van der Waals surface area contributed by atoms with Crippen LogP contribution in [0.25, 0.3) is 16.8 Å². The molecule has 0 unspecified atom stereocenters. The van der Waals surface area contributed by atoms with Gasteiger partial charge in [-0.15, -0.1) is 5.10 Å². The fourth-order valence-electron chi connectivity index (χ4n) is 4.91. The molecular weight excluding hydrogens is 526 g/mol. The molecule has 1 aliphatic rings. The lowest BCUT2D eigenvalue weighted by Crippen LogP contribution is -2.48. The second-order valence-corrected chi connectivity index (χ2v) is 13.0. The Hall–Kier alpha value is -3.51. The smallest absolute Gasteiger partial charge is 0.245 e. The average Bonchev–Trinajstić information content (AvgIpc) is 3.31. The van der Waals surface area contributed by atoms with E-state index in [9.17, 15) is 13.5 Å². The van der Waals surface area contributed by atoms with Crippen LogP contribution in [0.3, 0.4) is 0 Å². The van der Waals surface area contributed by atoms with Crippen LogP contribution < -0.4 is 14.9 Å². The van der Waals surface area contributed by atoms with Gasteiger partial charge in [0.05, 0.1) is 28.4 Å². The molecule has 2 aromatic carbocycles. The number of piperazine rings is 1. The summed E-state index contributed by atoms with van der Waals surface area (Å²) in [4.78, 5) is 9.31. The minimum absolute atomic E-state index is 0.201. The van der Waals surface area contributed by atoms with Crippen LogP contribution in [0, 0.1) is 0 Å². The molecule has 11 heteroatoms. The van der Waals surface area contributed by atoms with Crippen LogP contribution in [-0.2, 0) is 10.0 Å². The highest BCUT2D eigenvalue weighted by molar-refractivity contribution is 7.89. The van der Waals surface area contributed by atoms with Crippen LogP contribution in [0.2, 0.25) is 0 Å². The summed E-state index contributed by atoms with van der Waals surface area (Å²) in [6.07, 6.45) is 1.43. The third-order valence-corrected chi connectivity index (χ3v) is 8.42. The highest BCUT2D eigenvalue weighted by atomic mass is 32.2. The van der Waals surface area contributed by atoms with Gasteiger partial charge in [-0.1, -0.05) is 12.1 Å². The van der Waals surface area contributed by atoms with Crippen molar-refractivity contribution in [3.8, 4) is 11.3 Å². The Kier molecular flexibility index (Phi) is 7.83. The molecule has 1 aliphatic heterocycles. The Bertz CT molecular complexity index is 1570. The van der Waals surface area contributed by atoms with Crippen molar-refractivity contribution >= 4 is 32.9 Å². The third-order valence-electron chi connectivity index (χ3n) is 6.66. The molecule has 0 aliphatic carbocycles. The van der Waals surface area contributed by atoms with E-state index in [0.717, 1.165) is 54.3 Å². The van der Waals surface area contributed by atoms with Crippen molar-refractivity contribution in [3.63, 3.8) is 0 Å². The maximum Gasteiger partial charge on any atom is 0.245 e. The molecule has 10 nitrogen and oxygen atoms in total. The van der Waals surface area contributed by atoms with Gasteiger partial charge in [0.1, 0.15) is 0 Å². The number of nitrogens with one attached hydrogen (secondary N) is 2. The number of fused-ring (bicyclic) bond motifs is 1. The second kappa shape index (κ2) is 11.2. The monoisotopic (exact) mass is 563 g/mol. The first-order valence-corrected chi connectivity index (χ1v) is 15.0. The molecule has 1 atom stereocenters. The second-order valence-electron chi connectivity index (χ2n) is 11.3. The first-order chi connectivity index (χ1) is 19.0. The van der Waals surface area contributed by atoms with Crippen LogP contribution in [0.4, 0.5) is 17.3 Å². The zero-order valence-electron chi connectivity index (χ0n) is 23.4. The van der Waals surface area contributed by atoms with E-state index in [4.69, 9.17) is 5.10 Å². The molecule has 0 amide bonds. The van der Waals surface area contributed by atoms with Crippen LogP contribution in [-0.4, -0.2) is 77.4 Å². The van der Waals surface area contributed by atoms with Gasteiger partial charge >= 0.3 is 0 Å². The number of anilines is 3. The minimum atomic E-state index is -3.67. The fraction of sp³-hybridized carbons (Fsp3) is 0.379. The summed E-state index contributed by atoms with van der Waals surface area (Å²) in [7, 11) is -3.67. The number of benzene rings is 2. The van der Waals surface area contributed by atoms with Crippen molar-refractivity contribution in [3.05, 3.63) is 66.9 Å². The summed E-state index contributed by atoms with van der Waals surface area (Å²) in [5, 5.41) is 17.6. The number of aliphatic hydroxyl groups is 1. The minimum Gasteiger partial charge on any atom is -0.392 e. The number of hydrogen-bond donors (Lipinski definition) is 3. The Balaban J connectivity index is 1.32. The van der Waals surface area contributed by atoms with Crippen LogP contribution in [0.5, 0.6) is 0 Å². The van der Waals surface area contributed by atoms with Gasteiger partial charge in [-0.25, -0.2) is 22.6 Å². The summed E-state index contributed by atoms with van der Waals surface area (Å²) >= 11 is 0. The van der Waals surface area contributed by atoms with E-state index in [1.807, 2.05) is 58.0 Å². The predicted octanol–water partition coefficient (Wildman–Crippen LogP) is 3.72. The fourth-order valence-corrected chi connectivity index (χ4v) is 6.37. The van der Waals surface area contributed by atoms with Crippen molar-refractivity contribution in [2.75, 3.05) is 42.9 Å². The Morgan fingerprint density at radius 2 is 1.73 bits per heavy atom. The van der Waals surface area contributed by atoms with Crippen molar-refractivity contribution in [2.24, 2.45) is 0 Å². The lowest BCUT2D eigenvalue weighted by Gasteiger charge is -2.36. The zero-order valence-corrected chi connectivity index (χ0v) is 24.2. The van der Waals surface area contributed by atoms with E-state index in [2.05, 4.69) is 37.0 Å². The van der Waals surface area contributed by atoms with Gasteiger partial charge in [-0.2, -0.15) is 0 Å². The van der Waals surface area contributed by atoms with Gasteiger partial charge in [0.15, 0.2) is 0 Å². The van der Waals surface area contributed by atoms with Crippen molar-refractivity contribution < 1.29 is 13.5 Å². The molecule has 5 rings (SSSR count). The number of hydrogen-bond acceptors (Lipinski definition) is 8. The van der Waals surface area contributed by atoms with Gasteiger partial charge in [0.25, 0.3) is 0 Å². The molecule has 212 valence electrons. The number of sulfonamides is 1.